The minimum absolute atomic E-state index is 0.567. The molecule has 0 aliphatic carbocycles. The van der Waals surface area contributed by atoms with Crippen LogP contribution in [0.4, 0.5) is 0 Å². The fraction of sp³-hybridized carbons (Fsp3) is 0.533. The van der Waals surface area contributed by atoms with Crippen LogP contribution in [-0.2, 0) is 5.54 Å². The van der Waals surface area contributed by atoms with Gasteiger partial charge in [-0.2, -0.15) is 17.0 Å². The molecule has 0 fully saturated rings. The third kappa shape index (κ3) is 4.04. The zero-order valence-electron chi connectivity index (χ0n) is 11.4. The first-order valence-corrected chi connectivity index (χ1v) is 7.53. The lowest BCUT2D eigenvalue weighted by molar-refractivity contribution is 0.527. The van der Waals surface area contributed by atoms with Gasteiger partial charge >= 0.3 is 0 Å². The highest BCUT2D eigenvalue weighted by Crippen LogP contribution is 2.25. The highest BCUT2D eigenvalue weighted by molar-refractivity contribution is 7.99. The van der Waals surface area contributed by atoms with E-state index in [1.165, 1.54) is 6.42 Å². The van der Waals surface area contributed by atoms with Crippen molar-refractivity contribution in [2.75, 3.05) is 18.6 Å². The van der Waals surface area contributed by atoms with Crippen LogP contribution in [0.5, 0.6) is 0 Å². The Bertz CT molecular complexity index is 383. The summed E-state index contributed by atoms with van der Waals surface area (Å²) in [5.74, 6) is 2.62. The third-order valence-corrected chi connectivity index (χ3v) is 4.20. The number of thioether (sulfide) groups is 1. The molecule has 1 aromatic carbocycles. The molecule has 0 heterocycles. The van der Waals surface area contributed by atoms with Gasteiger partial charge in [0.05, 0.1) is 6.07 Å². The summed E-state index contributed by atoms with van der Waals surface area (Å²) in [6, 6.07) is 12.4. The summed E-state index contributed by atoms with van der Waals surface area (Å²) in [5, 5.41) is 12.7. The highest BCUT2D eigenvalue weighted by Gasteiger charge is 2.29. The zero-order chi connectivity index (χ0) is 13.4. The maximum Gasteiger partial charge on any atom is 0.141 e. The van der Waals surface area contributed by atoms with Crippen molar-refractivity contribution in [3.63, 3.8) is 0 Å². The number of nitrogens with one attached hydrogen (secondary N) is 1. The Morgan fingerprint density at radius 1 is 1.33 bits per heavy atom. The first-order chi connectivity index (χ1) is 8.64. The molecule has 0 radical (unpaired) electrons. The fourth-order valence-corrected chi connectivity index (χ4v) is 3.18. The molecule has 98 valence electrons. The zero-order valence-corrected chi connectivity index (χ0v) is 12.3. The smallest absolute Gasteiger partial charge is 0.141 e. The van der Waals surface area contributed by atoms with Crippen LogP contribution >= 0.6 is 11.8 Å². The van der Waals surface area contributed by atoms with Crippen molar-refractivity contribution in [3.8, 4) is 6.07 Å². The highest BCUT2D eigenvalue weighted by atomic mass is 32.2. The van der Waals surface area contributed by atoms with Gasteiger partial charge in [0, 0.05) is 5.75 Å². The van der Waals surface area contributed by atoms with Crippen LogP contribution in [0, 0.1) is 17.2 Å². The monoisotopic (exact) mass is 262 g/mol. The molecule has 0 saturated carbocycles. The minimum atomic E-state index is -0.567. The van der Waals surface area contributed by atoms with E-state index in [9.17, 15) is 5.26 Å². The lowest BCUT2D eigenvalue weighted by atomic mass is 9.94. The van der Waals surface area contributed by atoms with Crippen molar-refractivity contribution in [2.24, 2.45) is 5.92 Å². The van der Waals surface area contributed by atoms with E-state index in [0.29, 0.717) is 0 Å². The molecule has 2 nitrogen and oxygen atoms in total. The first-order valence-electron chi connectivity index (χ1n) is 6.38. The minimum Gasteiger partial charge on any atom is -0.298 e. The van der Waals surface area contributed by atoms with Crippen molar-refractivity contribution >= 4 is 11.8 Å². The van der Waals surface area contributed by atoms with Crippen LogP contribution in [0.2, 0.25) is 0 Å². The van der Waals surface area contributed by atoms with E-state index in [1.807, 2.05) is 49.1 Å². The van der Waals surface area contributed by atoms with Gasteiger partial charge in [0.25, 0.3) is 0 Å². The van der Waals surface area contributed by atoms with E-state index >= 15 is 0 Å². The van der Waals surface area contributed by atoms with Gasteiger partial charge < -0.3 is 0 Å². The summed E-state index contributed by atoms with van der Waals surface area (Å²) in [7, 11) is 1.86. The maximum absolute atomic E-state index is 9.51. The molecule has 18 heavy (non-hydrogen) atoms. The van der Waals surface area contributed by atoms with Crippen LogP contribution < -0.4 is 5.32 Å². The van der Waals surface area contributed by atoms with E-state index in [1.54, 1.807) is 0 Å². The second kappa shape index (κ2) is 7.45. The van der Waals surface area contributed by atoms with E-state index in [-0.39, 0.29) is 0 Å². The summed E-state index contributed by atoms with van der Waals surface area (Å²) >= 11 is 1.85. The Balaban J connectivity index is 2.68. The number of rotatable bonds is 7. The largest absolute Gasteiger partial charge is 0.298 e. The van der Waals surface area contributed by atoms with Crippen LogP contribution in [0.25, 0.3) is 0 Å². The molecule has 1 aromatic rings. The van der Waals surface area contributed by atoms with Crippen molar-refractivity contribution in [2.45, 2.75) is 25.8 Å². The van der Waals surface area contributed by atoms with E-state index in [2.05, 4.69) is 25.2 Å². The van der Waals surface area contributed by atoms with E-state index in [4.69, 9.17) is 0 Å². The standard InChI is InChI=1S/C15H22N2S/c1-13(2)9-10-18-12-15(11-16,17-3)14-7-5-4-6-8-14/h4-8,13,17H,9-10,12H2,1-3H3. The van der Waals surface area contributed by atoms with E-state index < -0.39 is 5.54 Å². The molecular weight excluding hydrogens is 240 g/mol. The molecule has 0 spiro atoms. The number of nitrogens with zero attached hydrogens (tertiary/aromatic N) is 1. The SMILES string of the molecule is CNC(C#N)(CSCCC(C)C)c1ccccc1. The van der Waals surface area contributed by atoms with Crippen LogP contribution in [0.1, 0.15) is 25.8 Å². The Labute approximate surface area is 115 Å². The fourth-order valence-electron chi connectivity index (χ4n) is 1.72. The quantitative estimate of drug-likeness (QED) is 0.765. The number of nitriles is 1. The first kappa shape index (κ1) is 15.1. The molecule has 1 unspecified atom stereocenters. The summed E-state index contributed by atoms with van der Waals surface area (Å²) in [5.41, 5.74) is 0.482. The topological polar surface area (TPSA) is 35.8 Å². The average molecular weight is 262 g/mol. The Hall–Kier alpha value is -0.980. The summed E-state index contributed by atoms with van der Waals surface area (Å²) in [6.45, 7) is 4.46. The van der Waals surface area contributed by atoms with Crippen molar-refractivity contribution in [1.82, 2.24) is 5.32 Å². The number of benzene rings is 1. The van der Waals surface area contributed by atoms with Crippen molar-refractivity contribution in [3.05, 3.63) is 35.9 Å². The molecule has 0 aliphatic rings. The van der Waals surface area contributed by atoms with Gasteiger partial charge in [-0.05, 0) is 30.7 Å². The predicted octanol–water partition coefficient (Wildman–Crippen LogP) is 3.40. The molecule has 0 amide bonds. The summed E-state index contributed by atoms with van der Waals surface area (Å²) in [6.07, 6.45) is 1.20. The lowest BCUT2D eigenvalue weighted by Gasteiger charge is -2.26. The molecule has 0 aromatic heterocycles. The number of hydrogen-bond donors (Lipinski definition) is 1. The number of hydrogen-bond acceptors (Lipinski definition) is 3. The summed E-state index contributed by atoms with van der Waals surface area (Å²) in [4.78, 5) is 0. The Morgan fingerprint density at radius 2 is 2.00 bits per heavy atom. The Morgan fingerprint density at radius 3 is 2.50 bits per heavy atom. The van der Waals surface area contributed by atoms with Crippen molar-refractivity contribution in [1.29, 1.82) is 5.26 Å². The average Bonchev–Trinajstić information content (AvgIpc) is 2.40. The van der Waals surface area contributed by atoms with Gasteiger partial charge in [0.2, 0.25) is 0 Å². The second-order valence-corrected chi connectivity index (χ2v) is 5.97. The van der Waals surface area contributed by atoms with E-state index in [0.717, 1.165) is 23.0 Å². The molecule has 0 aliphatic heterocycles. The molecule has 1 rings (SSSR count). The van der Waals surface area contributed by atoms with Gasteiger partial charge in [-0.15, -0.1) is 0 Å². The van der Waals surface area contributed by atoms with Gasteiger partial charge in [0.15, 0.2) is 0 Å². The molecule has 3 heteroatoms. The van der Waals surface area contributed by atoms with Gasteiger partial charge in [-0.1, -0.05) is 44.2 Å². The molecule has 0 bridgehead atoms. The molecule has 1 atom stereocenters. The third-order valence-electron chi connectivity index (χ3n) is 3.04. The van der Waals surface area contributed by atoms with Crippen LogP contribution in [-0.4, -0.2) is 18.6 Å². The molecule has 1 N–H and O–H groups in total. The Kier molecular flexibility index (Phi) is 6.24. The van der Waals surface area contributed by atoms with Gasteiger partial charge in [-0.3, -0.25) is 5.32 Å². The maximum atomic E-state index is 9.51. The van der Waals surface area contributed by atoms with Crippen molar-refractivity contribution < 1.29 is 0 Å². The lowest BCUT2D eigenvalue weighted by Crippen LogP contribution is -2.41. The molecular formula is C15H22N2S. The van der Waals surface area contributed by atoms with Gasteiger partial charge in [0.1, 0.15) is 5.54 Å². The second-order valence-electron chi connectivity index (χ2n) is 4.87. The molecule has 0 saturated heterocycles. The summed E-state index contributed by atoms with van der Waals surface area (Å²) < 4.78 is 0. The van der Waals surface area contributed by atoms with Crippen LogP contribution in [0.3, 0.4) is 0 Å². The van der Waals surface area contributed by atoms with Gasteiger partial charge in [-0.25, -0.2) is 0 Å². The normalized spacial score (nSPS) is 14.2. The predicted molar refractivity (Wildman–Crippen MR) is 79.6 cm³/mol. The van der Waals surface area contributed by atoms with Crippen LogP contribution in [0.15, 0.2) is 30.3 Å².